The monoisotopic (exact) mass is 304 g/mol. The molecular formula is C17H24N2O3. The highest BCUT2D eigenvalue weighted by atomic mass is 16.4. The minimum Gasteiger partial charge on any atom is -0.480 e. The number of amides is 1. The number of benzene rings is 1. The van der Waals surface area contributed by atoms with Crippen LogP contribution in [-0.2, 0) is 16.0 Å². The molecule has 1 aromatic rings. The fraction of sp³-hybridized carbons (Fsp3) is 0.529. The van der Waals surface area contributed by atoms with Crippen LogP contribution in [0.3, 0.4) is 0 Å². The van der Waals surface area contributed by atoms with E-state index in [0.717, 1.165) is 18.4 Å². The van der Waals surface area contributed by atoms with Gasteiger partial charge in [-0.2, -0.15) is 0 Å². The molecule has 2 N–H and O–H groups in total. The van der Waals surface area contributed by atoms with Gasteiger partial charge in [-0.3, -0.25) is 4.79 Å². The van der Waals surface area contributed by atoms with Crippen LogP contribution in [-0.4, -0.2) is 47.1 Å². The van der Waals surface area contributed by atoms with E-state index in [0.29, 0.717) is 25.9 Å². The molecule has 1 amide bonds. The van der Waals surface area contributed by atoms with Gasteiger partial charge in [0, 0.05) is 13.1 Å². The van der Waals surface area contributed by atoms with E-state index in [1.807, 2.05) is 37.3 Å². The molecule has 1 aliphatic rings. The van der Waals surface area contributed by atoms with Crippen molar-refractivity contribution in [1.29, 1.82) is 0 Å². The molecule has 2 atom stereocenters. The Morgan fingerprint density at radius 3 is 2.77 bits per heavy atom. The van der Waals surface area contributed by atoms with E-state index >= 15 is 0 Å². The van der Waals surface area contributed by atoms with Crippen LogP contribution in [0, 0.1) is 0 Å². The summed E-state index contributed by atoms with van der Waals surface area (Å²) >= 11 is 0. The first-order valence-corrected chi connectivity index (χ1v) is 7.94. The van der Waals surface area contributed by atoms with Gasteiger partial charge < -0.3 is 15.3 Å². The zero-order chi connectivity index (χ0) is 15.9. The number of piperazine rings is 1. The lowest BCUT2D eigenvalue weighted by molar-refractivity contribution is -0.153. The average molecular weight is 304 g/mol. The number of rotatable bonds is 7. The van der Waals surface area contributed by atoms with Gasteiger partial charge in [0.2, 0.25) is 5.91 Å². The third-order valence-corrected chi connectivity index (χ3v) is 4.10. The van der Waals surface area contributed by atoms with Crippen molar-refractivity contribution in [3.63, 3.8) is 0 Å². The molecule has 1 aromatic carbocycles. The molecule has 0 saturated carbocycles. The van der Waals surface area contributed by atoms with Gasteiger partial charge in [-0.25, -0.2) is 4.79 Å². The van der Waals surface area contributed by atoms with E-state index in [4.69, 9.17) is 0 Å². The van der Waals surface area contributed by atoms with E-state index in [2.05, 4.69) is 5.32 Å². The molecule has 2 rings (SSSR count). The molecule has 22 heavy (non-hydrogen) atoms. The largest absolute Gasteiger partial charge is 0.480 e. The van der Waals surface area contributed by atoms with Crippen molar-refractivity contribution in [3.05, 3.63) is 35.9 Å². The van der Waals surface area contributed by atoms with Gasteiger partial charge in [-0.1, -0.05) is 50.1 Å². The minimum atomic E-state index is -0.901. The zero-order valence-corrected chi connectivity index (χ0v) is 13.0. The number of carboxylic acid groups (broad SMARTS) is 1. The van der Waals surface area contributed by atoms with Gasteiger partial charge in [-0.05, 0) is 18.4 Å². The standard InChI is InChI=1S/C17H24N2O3/c1-2-3-9-15(17(21)22)19-11-10-18-14(16(19)20)12-13-7-5-4-6-8-13/h4-8,14-15,18H,2-3,9-12H2,1H3,(H,21,22). The molecule has 5 heteroatoms. The van der Waals surface area contributed by atoms with E-state index in [1.165, 1.54) is 0 Å². The average Bonchev–Trinajstić information content (AvgIpc) is 2.52. The first-order chi connectivity index (χ1) is 10.6. The Kier molecular flexibility index (Phi) is 5.95. The lowest BCUT2D eigenvalue weighted by atomic mass is 10.0. The number of aliphatic carboxylic acids is 1. The molecule has 0 aromatic heterocycles. The summed E-state index contributed by atoms with van der Waals surface area (Å²) in [6.45, 7) is 3.13. The van der Waals surface area contributed by atoms with Gasteiger partial charge in [0.15, 0.2) is 0 Å². The zero-order valence-electron chi connectivity index (χ0n) is 13.0. The maximum Gasteiger partial charge on any atom is 0.326 e. The maximum atomic E-state index is 12.6. The highest BCUT2D eigenvalue weighted by Gasteiger charge is 2.35. The van der Waals surface area contributed by atoms with Crippen molar-refractivity contribution in [1.82, 2.24) is 10.2 Å². The molecule has 2 unspecified atom stereocenters. The van der Waals surface area contributed by atoms with Crippen molar-refractivity contribution < 1.29 is 14.7 Å². The van der Waals surface area contributed by atoms with Crippen LogP contribution >= 0.6 is 0 Å². The van der Waals surface area contributed by atoms with Gasteiger partial charge in [0.25, 0.3) is 0 Å². The lowest BCUT2D eigenvalue weighted by Gasteiger charge is -2.37. The van der Waals surface area contributed by atoms with Crippen LogP contribution < -0.4 is 5.32 Å². The number of carboxylic acids is 1. The summed E-state index contributed by atoms with van der Waals surface area (Å²) in [7, 11) is 0. The summed E-state index contributed by atoms with van der Waals surface area (Å²) in [5.41, 5.74) is 1.08. The van der Waals surface area contributed by atoms with Gasteiger partial charge >= 0.3 is 5.97 Å². The summed E-state index contributed by atoms with van der Waals surface area (Å²) in [4.78, 5) is 25.7. The normalized spacial score (nSPS) is 20.0. The van der Waals surface area contributed by atoms with Gasteiger partial charge in [0.05, 0.1) is 6.04 Å². The summed E-state index contributed by atoms with van der Waals surface area (Å²) in [5, 5.41) is 12.6. The molecule has 1 saturated heterocycles. The highest BCUT2D eigenvalue weighted by molar-refractivity contribution is 5.87. The van der Waals surface area contributed by atoms with Crippen molar-refractivity contribution in [3.8, 4) is 0 Å². The molecule has 120 valence electrons. The Balaban J connectivity index is 2.06. The van der Waals surface area contributed by atoms with Crippen LogP contribution in [0.2, 0.25) is 0 Å². The quantitative estimate of drug-likeness (QED) is 0.804. The summed E-state index contributed by atoms with van der Waals surface area (Å²) in [6.07, 6.45) is 2.86. The number of unbranched alkanes of at least 4 members (excludes halogenated alkanes) is 1. The van der Waals surface area contributed by atoms with Crippen molar-refractivity contribution in [2.75, 3.05) is 13.1 Å². The highest BCUT2D eigenvalue weighted by Crippen LogP contribution is 2.15. The van der Waals surface area contributed by atoms with E-state index in [-0.39, 0.29) is 11.9 Å². The first-order valence-electron chi connectivity index (χ1n) is 7.94. The first kappa shape index (κ1) is 16.5. The van der Waals surface area contributed by atoms with E-state index in [9.17, 15) is 14.7 Å². The Bertz CT molecular complexity index is 504. The molecule has 0 spiro atoms. The third-order valence-electron chi connectivity index (χ3n) is 4.10. The van der Waals surface area contributed by atoms with Crippen LogP contribution in [0.4, 0.5) is 0 Å². The number of nitrogens with zero attached hydrogens (tertiary/aromatic N) is 1. The molecule has 1 aliphatic heterocycles. The molecule has 0 radical (unpaired) electrons. The second kappa shape index (κ2) is 7.94. The third kappa shape index (κ3) is 4.07. The predicted octanol–water partition coefficient (Wildman–Crippen LogP) is 1.67. The fourth-order valence-corrected chi connectivity index (χ4v) is 2.89. The van der Waals surface area contributed by atoms with Crippen molar-refractivity contribution in [2.24, 2.45) is 0 Å². The summed E-state index contributed by atoms with van der Waals surface area (Å²) in [5.74, 6) is -0.999. The maximum absolute atomic E-state index is 12.6. The summed E-state index contributed by atoms with van der Waals surface area (Å²) < 4.78 is 0. The van der Waals surface area contributed by atoms with E-state index < -0.39 is 12.0 Å². The fourth-order valence-electron chi connectivity index (χ4n) is 2.89. The smallest absolute Gasteiger partial charge is 0.326 e. The number of carbonyl (C=O) groups excluding carboxylic acids is 1. The number of hydrogen-bond acceptors (Lipinski definition) is 3. The van der Waals surface area contributed by atoms with Gasteiger partial charge in [0.1, 0.15) is 6.04 Å². The topological polar surface area (TPSA) is 69.6 Å². The molecule has 1 heterocycles. The SMILES string of the molecule is CCCCC(C(=O)O)N1CCNC(Cc2ccccc2)C1=O. The predicted molar refractivity (Wildman–Crippen MR) is 84.6 cm³/mol. The molecule has 5 nitrogen and oxygen atoms in total. The second-order valence-electron chi connectivity index (χ2n) is 5.72. The number of hydrogen-bond donors (Lipinski definition) is 2. The Labute approximate surface area is 131 Å². The van der Waals surface area contributed by atoms with Crippen molar-refractivity contribution >= 4 is 11.9 Å². The minimum absolute atomic E-state index is 0.0985. The molecular weight excluding hydrogens is 280 g/mol. The molecule has 1 fully saturated rings. The van der Waals surface area contributed by atoms with E-state index in [1.54, 1.807) is 4.90 Å². The van der Waals surface area contributed by atoms with Gasteiger partial charge in [-0.15, -0.1) is 0 Å². The van der Waals surface area contributed by atoms with Crippen LogP contribution in [0.1, 0.15) is 31.7 Å². The lowest BCUT2D eigenvalue weighted by Crippen LogP contribution is -2.60. The number of nitrogens with one attached hydrogen (secondary N) is 1. The van der Waals surface area contributed by atoms with Crippen LogP contribution in [0.15, 0.2) is 30.3 Å². The Morgan fingerprint density at radius 1 is 1.41 bits per heavy atom. The Hall–Kier alpha value is -1.88. The Morgan fingerprint density at radius 2 is 2.14 bits per heavy atom. The van der Waals surface area contributed by atoms with Crippen molar-refractivity contribution in [2.45, 2.75) is 44.7 Å². The number of carbonyl (C=O) groups is 2. The second-order valence-corrected chi connectivity index (χ2v) is 5.72. The van der Waals surface area contributed by atoms with Crippen LogP contribution in [0.5, 0.6) is 0 Å². The molecule has 0 bridgehead atoms. The van der Waals surface area contributed by atoms with Crippen LogP contribution in [0.25, 0.3) is 0 Å². The summed E-state index contributed by atoms with van der Waals surface area (Å²) in [6, 6.07) is 8.77. The molecule has 0 aliphatic carbocycles.